The lowest BCUT2D eigenvalue weighted by atomic mass is 9.93. The van der Waals surface area contributed by atoms with Crippen molar-refractivity contribution >= 4 is 23.3 Å². The summed E-state index contributed by atoms with van der Waals surface area (Å²) in [6, 6.07) is 3.50. The maximum atomic E-state index is 12.1. The first kappa shape index (κ1) is 15.5. The molecule has 0 atom stereocenters. The molecule has 6 heteroatoms. The van der Waals surface area contributed by atoms with Crippen molar-refractivity contribution in [2.45, 2.75) is 38.8 Å². The van der Waals surface area contributed by atoms with Crippen LogP contribution in [0.25, 0.3) is 0 Å². The third-order valence-electron chi connectivity index (χ3n) is 3.28. The van der Waals surface area contributed by atoms with Crippen LogP contribution in [0.5, 0.6) is 0 Å². The summed E-state index contributed by atoms with van der Waals surface area (Å²) < 4.78 is 0. The minimum Gasteiger partial charge on any atom is -0.480 e. The van der Waals surface area contributed by atoms with Crippen LogP contribution in [0.15, 0.2) is 17.5 Å². The Hall–Kier alpha value is -1.56. The number of carbonyl (C=O) groups excluding carboxylic acids is 1. The molecular weight excluding hydrogens is 264 g/mol. The van der Waals surface area contributed by atoms with E-state index in [1.54, 1.807) is 32.2 Å². The van der Waals surface area contributed by atoms with Crippen molar-refractivity contribution in [2.24, 2.45) is 0 Å². The molecule has 1 rings (SSSR count). The lowest BCUT2D eigenvalue weighted by Crippen LogP contribution is -2.56. The number of carboxylic acids is 1. The number of carboxylic acid groups (broad SMARTS) is 1. The summed E-state index contributed by atoms with van der Waals surface area (Å²) in [6.45, 7) is 4.00. The van der Waals surface area contributed by atoms with Gasteiger partial charge in [-0.2, -0.15) is 0 Å². The van der Waals surface area contributed by atoms with Gasteiger partial charge in [0.15, 0.2) is 0 Å². The molecule has 0 saturated heterocycles. The normalized spacial score (nSPS) is 11.1. The van der Waals surface area contributed by atoms with Crippen molar-refractivity contribution in [2.75, 3.05) is 7.05 Å². The number of urea groups is 1. The third kappa shape index (κ3) is 3.70. The van der Waals surface area contributed by atoms with Crippen molar-refractivity contribution in [1.82, 2.24) is 10.2 Å². The summed E-state index contributed by atoms with van der Waals surface area (Å²) in [4.78, 5) is 25.9. The first-order valence-corrected chi connectivity index (χ1v) is 7.12. The van der Waals surface area contributed by atoms with Gasteiger partial charge >= 0.3 is 12.0 Å². The van der Waals surface area contributed by atoms with Crippen LogP contribution in [-0.2, 0) is 11.3 Å². The van der Waals surface area contributed by atoms with Crippen LogP contribution in [-0.4, -0.2) is 34.6 Å². The van der Waals surface area contributed by atoms with Crippen LogP contribution < -0.4 is 5.32 Å². The summed E-state index contributed by atoms with van der Waals surface area (Å²) in [7, 11) is 1.66. The highest BCUT2D eigenvalue weighted by Crippen LogP contribution is 2.17. The highest BCUT2D eigenvalue weighted by molar-refractivity contribution is 7.09. The molecule has 0 fully saturated rings. The number of rotatable bonds is 6. The molecule has 19 heavy (non-hydrogen) atoms. The van der Waals surface area contributed by atoms with E-state index in [1.807, 2.05) is 17.5 Å². The summed E-state index contributed by atoms with van der Waals surface area (Å²) >= 11 is 1.57. The minimum atomic E-state index is -1.18. The van der Waals surface area contributed by atoms with Crippen LogP contribution in [0.2, 0.25) is 0 Å². The standard InChI is InChI=1S/C13H20N2O3S/c1-4-13(5-2,11(16)17)14-12(18)15(3)9-10-7-6-8-19-10/h6-8H,4-5,9H2,1-3H3,(H,14,18)(H,16,17). The molecular formula is C13H20N2O3S. The molecule has 1 heterocycles. The fourth-order valence-corrected chi connectivity index (χ4v) is 2.55. The van der Waals surface area contributed by atoms with Gasteiger partial charge in [0.25, 0.3) is 0 Å². The number of aliphatic carboxylic acids is 1. The van der Waals surface area contributed by atoms with Crippen LogP contribution >= 0.6 is 11.3 Å². The van der Waals surface area contributed by atoms with Gasteiger partial charge in [-0.3, -0.25) is 0 Å². The van der Waals surface area contributed by atoms with Crippen LogP contribution in [0.1, 0.15) is 31.6 Å². The van der Waals surface area contributed by atoms with E-state index in [-0.39, 0.29) is 6.03 Å². The Labute approximate surface area is 117 Å². The molecule has 0 spiro atoms. The molecule has 0 aliphatic rings. The Kier molecular flexibility index (Phi) is 5.35. The molecule has 0 radical (unpaired) electrons. The van der Waals surface area contributed by atoms with Crippen LogP contribution in [0, 0.1) is 0 Å². The topological polar surface area (TPSA) is 69.6 Å². The molecule has 5 nitrogen and oxygen atoms in total. The van der Waals surface area contributed by atoms with Gasteiger partial charge < -0.3 is 15.3 Å². The number of hydrogen-bond acceptors (Lipinski definition) is 3. The molecule has 0 unspecified atom stereocenters. The molecule has 2 N–H and O–H groups in total. The number of hydrogen-bond donors (Lipinski definition) is 2. The second-order valence-electron chi connectivity index (χ2n) is 4.46. The molecule has 0 aliphatic carbocycles. The van der Waals surface area contributed by atoms with Gasteiger partial charge in [0.05, 0.1) is 6.54 Å². The zero-order valence-electron chi connectivity index (χ0n) is 11.5. The number of carbonyl (C=O) groups is 2. The predicted molar refractivity (Wildman–Crippen MR) is 75.3 cm³/mol. The van der Waals surface area contributed by atoms with Gasteiger partial charge in [0.2, 0.25) is 0 Å². The first-order valence-electron chi connectivity index (χ1n) is 6.24. The summed E-state index contributed by atoms with van der Waals surface area (Å²) in [6.07, 6.45) is 0.717. The maximum Gasteiger partial charge on any atom is 0.329 e. The zero-order chi connectivity index (χ0) is 14.5. The van der Waals surface area contributed by atoms with E-state index in [1.165, 1.54) is 4.90 Å². The lowest BCUT2D eigenvalue weighted by Gasteiger charge is -2.30. The van der Waals surface area contributed by atoms with Gasteiger partial charge in [-0.25, -0.2) is 9.59 Å². The Bertz CT molecular complexity index is 427. The number of nitrogens with zero attached hydrogens (tertiary/aromatic N) is 1. The van der Waals surface area contributed by atoms with Gasteiger partial charge in [-0.05, 0) is 24.3 Å². The SMILES string of the molecule is CCC(CC)(NC(=O)N(C)Cc1cccs1)C(=O)O. The molecule has 0 aliphatic heterocycles. The van der Waals surface area contributed by atoms with E-state index < -0.39 is 11.5 Å². The van der Waals surface area contributed by atoms with Crippen LogP contribution in [0.4, 0.5) is 4.79 Å². The van der Waals surface area contributed by atoms with Gasteiger partial charge in [-0.1, -0.05) is 19.9 Å². The Morgan fingerprint density at radius 2 is 2.05 bits per heavy atom. The average Bonchev–Trinajstić information content (AvgIpc) is 2.88. The fourth-order valence-electron chi connectivity index (χ4n) is 1.79. The summed E-state index contributed by atoms with van der Waals surface area (Å²) in [5.74, 6) is -0.990. The van der Waals surface area contributed by atoms with E-state index in [0.29, 0.717) is 19.4 Å². The van der Waals surface area contributed by atoms with Gasteiger partial charge in [-0.15, -0.1) is 11.3 Å². The third-order valence-corrected chi connectivity index (χ3v) is 4.14. The number of amides is 2. The average molecular weight is 284 g/mol. The molecule has 2 amide bonds. The second-order valence-corrected chi connectivity index (χ2v) is 5.49. The largest absolute Gasteiger partial charge is 0.480 e. The van der Waals surface area contributed by atoms with E-state index in [4.69, 9.17) is 0 Å². The molecule has 106 valence electrons. The van der Waals surface area contributed by atoms with E-state index >= 15 is 0 Å². The van der Waals surface area contributed by atoms with Crippen LogP contribution in [0.3, 0.4) is 0 Å². The molecule has 0 bridgehead atoms. The quantitative estimate of drug-likeness (QED) is 0.843. The van der Waals surface area contributed by atoms with Gasteiger partial charge in [0.1, 0.15) is 5.54 Å². The molecule has 1 aromatic rings. The lowest BCUT2D eigenvalue weighted by molar-refractivity contribution is -0.144. The summed E-state index contributed by atoms with van der Waals surface area (Å²) in [5, 5.41) is 13.9. The van der Waals surface area contributed by atoms with Crippen molar-refractivity contribution in [3.05, 3.63) is 22.4 Å². The maximum absolute atomic E-state index is 12.1. The van der Waals surface area contributed by atoms with Crippen molar-refractivity contribution in [3.63, 3.8) is 0 Å². The van der Waals surface area contributed by atoms with Crippen molar-refractivity contribution in [1.29, 1.82) is 0 Å². The molecule has 0 aromatic carbocycles. The number of thiophene rings is 1. The molecule has 1 aromatic heterocycles. The summed E-state index contributed by atoms with van der Waals surface area (Å²) in [5.41, 5.74) is -1.18. The molecule has 0 saturated carbocycles. The monoisotopic (exact) mass is 284 g/mol. The number of nitrogens with one attached hydrogen (secondary N) is 1. The smallest absolute Gasteiger partial charge is 0.329 e. The predicted octanol–water partition coefficient (Wildman–Crippen LogP) is 2.53. The first-order chi connectivity index (χ1) is 8.95. The fraction of sp³-hybridized carbons (Fsp3) is 0.538. The van der Waals surface area contributed by atoms with E-state index in [9.17, 15) is 14.7 Å². The Morgan fingerprint density at radius 1 is 1.42 bits per heavy atom. The van der Waals surface area contributed by atoms with Crippen molar-refractivity contribution in [3.8, 4) is 0 Å². The second kappa shape index (κ2) is 6.56. The highest BCUT2D eigenvalue weighted by atomic mass is 32.1. The Morgan fingerprint density at radius 3 is 2.47 bits per heavy atom. The van der Waals surface area contributed by atoms with E-state index in [2.05, 4.69) is 5.32 Å². The highest BCUT2D eigenvalue weighted by Gasteiger charge is 2.37. The van der Waals surface area contributed by atoms with Crippen molar-refractivity contribution < 1.29 is 14.7 Å². The zero-order valence-corrected chi connectivity index (χ0v) is 12.3. The van der Waals surface area contributed by atoms with Gasteiger partial charge in [0, 0.05) is 11.9 Å². The Balaban J connectivity index is 2.69. The van der Waals surface area contributed by atoms with E-state index in [0.717, 1.165) is 4.88 Å². The minimum absolute atomic E-state index is 0.359.